The first-order chi connectivity index (χ1) is 11.4. The topological polar surface area (TPSA) is 25.2 Å². The van der Waals surface area contributed by atoms with Gasteiger partial charge in [0.25, 0.3) is 5.91 Å². The highest BCUT2D eigenvalue weighted by molar-refractivity contribution is 5.96. The van der Waals surface area contributed by atoms with E-state index in [-0.39, 0.29) is 5.91 Å². The largest absolute Gasteiger partial charge is 0.347 e. The van der Waals surface area contributed by atoms with Crippen LogP contribution in [0, 0.1) is 5.41 Å². The van der Waals surface area contributed by atoms with Crippen molar-refractivity contribution < 1.29 is 4.79 Å². The number of hydrogen-bond acceptors (Lipinski definition) is 1. The normalized spacial score (nSPS) is 18.0. The molecule has 0 spiro atoms. The average molecular weight is 333 g/mol. The van der Waals surface area contributed by atoms with Crippen LogP contribution in [-0.4, -0.2) is 29.0 Å². The SMILES string of the molecule is CCCCCCCC.CN1CCc2c(cc3n2CC(C)(C)C3)C1=O. The van der Waals surface area contributed by atoms with Crippen molar-refractivity contribution in [3.8, 4) is 0 Å². The standard InChI is InChI=1S/C13H18N2O.C8H18/c1-13(2)7-9-6-10-11(15(9)8-13)4-5-14(3)12(10)16;1-3-5-7-8-6-4-2/h6H,4-5,7-8H2,1-3H3;3-8H2,1-2H3. The molecule has 0 aromatic carbocycles. The van der Waals surface area contributed by atoms with Crippen molar-refractivity contribution in [1.82, 2.24) is 9.47 Å². The molecule has 0 unspecified atom stereocenters. The van der Waals surface area contributed by atoms with E-state index in [4.69, 9.17) is 0 Å². The molecule has 0 fully saturated rings. The van der Waals surface area contributed by atoms with Gasteiger partial charge in [-0.3, -0.25) is 4.79 Å². The minimum absolute atomic E-state index is 0.195. The summed E-state index contributed by atoms with van der Waals surface area (Å²) in [4.78, 5) is 13.8. The number of aromatic nitrogens is 1. The fourth-order valence-electron chi connectivity index (χ4n) is 3.85. The van der Waals surface area contributed by atoms with E-state index >= 15 is 0 Å². The minimum atomic E-state index is 0.195. The molecule has 24 heavy (non-hydrogen) atoms. The summed E-state index contributed by atoms with van der Waals surface area (Å²) in [5.41, 5.74) is 3.91. The molecular formula is C21H36N2O. The van der Waals surface area contributed by atoms with Gasteiger partial charge >= 0.3 is 0 Å². The predicted octanol–water partition coefficient (Wildman–Crippen LogP) is 5.07. The van der Waals surface area contributed by atoms with Crippen LogP contribution in [0.5, 0.6) is 0 Å². The number of nitrogens with zero attached hydrogens (tertiary/aromatic N) is 2. The van der Waals surface area contributed by atoms with Gasteiger partial charge in [0.15, 0.2) is 0 Å². The predicted molar refractivity (Wildman–Crippen MR) is 102 cm³/mol. The number of rotatable bonds is 5. The van der Waals surface area contributed by atoms with Crippen LogP contribution in [0.4, 0.5) is 0 Å². The quantitative estimate of drug-likeness (QED) is 0.691. The van der Waals surface area contributed by atoms with Crippen LogP contribution in [-0.2, 0) is 19.4 Å². The lowest BCUT2D eigenvalue weighted by Crippen LogP contribution is -2.34. The number of hydrogen-bond donors (Lipinski definition) is 0. The first-order valence-corrected chi connectivity index (χ1v) is 9.86. The van der Waals surface area contributed by atoms with Crippen molar-refractivity contribution in [1.29, 1.82) is 0 Å². The molecule has 0 aliphatic carbocycles. The van der Waals surface area contributed by atoms with Crippen LogP contribution in [0.1, 0.15) is 88.0 Å². The number of likely N-dealkylation sites (N-methyl/N-ethyl adjacent to an activating group) is 1. The first kappa shape index (κ1) is 19.1. The Morgan fingerprint density at radius 1 is 1.08 bits per heavy atom. The summed E-state index contributed by atoms with van der Waals surface area (Å²) in [6.45, 7) is 11.0. The third kappa shape index (κ3) is 4.43. The smallest absolute Gasteiger partial charge is 0.255 e. The Kier molecular flexibility index (Phi) is 6.54. The maximum Gasteiger partial charge on any atom is 0.255 e. The van der Waals surface area contributed by atoms with E-state index in [1.807, 2.05) is 11.9 Å². The monoisotopic (exact) mass is 332 g/mol. The van der Waals surface area contributed by atoms with E-state index in [1.54, 1.807) is 0 Å². The molecular weight excluding hydrogens is 296 g/mol. The summed E-state index contributed by atoms with van der Waals surface area (Å²) in [5.74, 6) is 0.195. The molecule has 1 amide bonds. The number of fused-ring (bicyclic) bond motifs is 3. The second-order valence-corrected chi connectivity index (χ2v) is 8.31. The van der Waals surface area contributed by atoms with E-state index in [2.05, 4.69) is 38.3 Å². The number of amides is 1. The highest BCUT2D eigenvalue weighted by atomic mass is 16.2. The fraction of sp³-hybridized carbons (Fsp3) is 0.762. The van der Waals surface area contributed by atoms with Gasteiger partial charge in [-0.05, 0) is 17.9 Å². The van der Waals surface area contributed by atoms with Crippen molar-refractivity contribution in [3.05, 3.63) is 23.0 Å². The molecule has 2 aliphatic rings. The zero-order valence-electron chi connectivity index (χ0n) is 16.5. The summed E-state index contributed by atoms with van der Waals surface area (Å²) in [6.07, 6.45) is 10.6. The summed E-state index contributed by atoms with van der Waals surface area (Å²) < 4.78 is 2.38. The molecule has 1 aromatic rings. The fourth-order valence-corrected chi connectivity index (χ4v) is 3.85. The van der Waals surface area contributed by atoms with Crippen LogP contribution in [0.3, 0.4) is 0 Å². The Labute approximate surface area is 148 Å². The molecule has 0 saturated heterocycles. The van der Waals surface area contributed by atoms with Crippen LogP contribution >= 0.6 is 0 Å². The molecule has 3 heterocycles. The van der Waals surface area contributed by atoms with E-state index < -0.39 is 0 Å². The molecule has 0 bridgehead atoms. The Morgan fingerprint density at radius 2 is 1.71 bits per heavy atom. The van der Waals surface area contributed by atoms with Gasteiger partial charge in [-0.2, -0.15) is 0 Å². The van der Waals surface area contributed by atoms with Gasteiger partial charge in [0.1, 0.15) is 0 Å². The molecule has 0 N–H and O–H groups in total. The van der Waals surface area contributed by atoms with Gasteiger partial charge in [-0.25, -0.2) is 0 Å². The number of carbonyl (C=O) groups excluding carboxylic acids is 1. The van der Waals surface area contributed by atoms with Crippen molar-refractivity contribution in [2.45, 2.75) is 85.6 Å². The Balaban J connectivity index is 0.000000224. The molecule has 2 aliphatic heterocycles. The lowest BCUT2D eigenvalue weighted by molar-refractivity contribution is 0.0778. The average Bonchev–Trinajstić information content (AvgIpc) is 3.01. The first-order valence-electron chi connectivity index (χ1n) is 9.86. The summed E-state index contributed by atoms with van der Waals surface area (Å²) in [5, 5.41) is 0. The molecule has 3 rings (SSSR count). The number of carbonyl (C=O) groups is 1. The summed E-state index contributed by atoms with van der Waals surface area (Å²) in [6, 6.07) is 2.11. The highest BCUT2D eigenvalue weighted by Gasteiger charge is 2.35. The molecule has 0 radical (unpaired) electrons. The summed E-state index contributed by atoms with van der Waals surface area (Å²) >= 11 is 0. The van der Waals surface area contributed by atoms with E-state index in [0.29, 0.717) is 5.41 Å². The molecule has 0 atom stereocenters. The third-order valence-electron chi connectivity index (χ3n) is 5.26. The van der Waals surface area contributed by atoms with Crippen molar-refractivity contribution in [2.75, 3.05) is 13.6 Å². The number of unbranched alkanes of at least 4 members (excludes halogenated alkanes) is 5. The van der Waals surface area contributed by atoms with Crippen LogP contribution in [0.2, 0.25) is 0 Å². The van der Waals surface area contributed by atoms with Crippen molar-refractivity contribution in [3.63, 3.8) is 0 Å². The zero-order chi connectivity index (χ0) is 17.7. The van der Waals surface area contributed by atoms with E-state index in [0.717, 1.165) is 31.5 Å². The van der Waals surface area contributed by atoms with Gasteiger partial charge in [-0.15, -0.1) is 0 Å². The van der Waals surface area contributed by atoms with Crippen LogP contribution < -0.4 is 0 Å². The Morgan fingerprint density at radius 3 is 2.29 bits per heavy atom. The Hall–Kier alpha value is -1.25. The second kappa shape index (κ2) is 8.22. The Bertz CT molecular complexity index is 550. The maximum absolute atomic E-state index is 12.0. The van der Waals surface area contributed by atoms with Gasteiger partial charge in [0.2, 0.25) is 0 Å². The molecule has 3 nitrogen and oxygen atoms in total. The molecule has 136 valence electrons. The summed E-state index contributed by atoms with van der Waals surface area (Å²) in [7, 11) is 1.89. The van der Waals surface area contributed by atoms with Crippen molar-refractivity contribution in [2.24, 2.45) is 5.41 Å². The lowest BCUT2D eigenvalue weighted by Gasteiger charge is -2.25. The maximum atomic E-state index is 12.0. The molecule has 1 aromatic heterocycles. The van der Waals surface area contributed by atoms with Gasteiger partial charge in [0, 0.05) is 37.9 Å². The van der Waals surface area contributed by atoms with E-state index in [1.165, 1.54) is 49.9 Å². The van der Waals surface area contributed by atoms with E-state index in [9.17, 15) is 4.79 Å². The lowest BCUT2D eigenvalue weighted by atomic mass is 9.90. The van der Waals surface area contributed by atoms with Crippen LogP contribution in [0.15, 0.2) is 6.07 Å². The van der Waals surface area contributed by atoms with Gasteiger partial charge in [-0.1, -0.05) is 66.2 Å². The molecule has 0 saturated carbocycles. The van der Waals surface area contributed by atoms with Crippen molar-refractivity contribution >= 4 is 5.91 Å². The zero-order valence-corrected chi connectivity index (χ0v) is 16.5. The van der Waals surface area contributed by atoms with Gasteiger partial charge in [0.05, 0.1) is 5.56 Å². The minimum Gasteiger partial charge on any atom is -0.347 e. The van der Waals surface area contributed by atoms with Gasteiger partial charge < -0.3 is 9.47 Å². The highest BCUT2D eigenvalue weighted by Crippen LogP contribution is 2.36. The second-order valence-electron chi connectivity index (χ2n) is 8.31. The molecule has 3 heteroatoms. The van der Waals surface area contributed by atoms with Crippen LogP contribution in [0.25, 0.3) is 0 Å². The third-order valence-corrected chi connectivity index (χ3v) is 5.26.